The Morgan fingerprint density at radius 1 is 1.42 bits per heavy atom. The van der Waals surface area contributed by atoms with Gasteiger partial charge in [-0.3, -0.25) is 4.79 Å². The molecule has 1 atom stereocenters. The molecule has 2 aromatic rings. The number of ether oxygens (including phenoxy) is 1. The monoisotopic (exact) mass is 336 g/mol. The van der Waals surface area contributed by atoms with E-state index in [0.717, 1.165) is 6.07 Å². The molecule has 1 fully saturated rings. The Kier molecular flexibility index (Phi) is 4.84. The van der Waals surface area contributed by atoms with Gasteiger partial charge in [-0.2, -0.15) is 0 Å². The van der Waals surface area contributed by atoms with E-state index < -0.39 is 11.6 Å². The van der Waals surface area contributed by atoms with Gasteiger partial charge in [-0.25, -0.2) is 8.78 Å². The van der Waals surface area contributed by atoms with Crippen LogP contribution in [0, 0.1) is 11.6 Å². The van der Waals surface area contributed by atoms with Crippen molar-refractivity contribution < 1.29 is 18.3 Å². The molecule has 1 aliphatic heterocycles. The first-order valence-electron chi connectivity index (χ1n) is 7.72. The van der Waals surface area contributed by atoms with E-state index >= 15 is 0 Å². The first-order valence-corrected chi connectivity index (χ1v) is 7.72. The normalized spacial score (nSPS) is 18.0. The van der Waals surface area contributed by atoms with Crippen molar-refractivity contribution in [3.05, 3.63) is 47.5 Å². The number of hydrogen-bond donors (Lipinski definition) is 0. The minimum absolute atomic E-state index is 0.0887. The number of hydrogen-bond acceptors (Lipinski definition) is 4. The van der Waals surface area contributed by atoms with Gasteiger partial charge in [0.2, 0.25) is 5.91 Å². The van der Waals surface area contributed by atoms with Gasteiger partial charge in [-0.05, 0) is 18.1 Å². The molecule has 1 unspecified atom stereocenters. The molecule has 1 aromatic heterocycles. The highest BCUT2D eigenvalue weighted by Crippen LogP contribution is 2.21. The van der Waals surface area contributed by atoms with Gasteiger partial charge in [-0.1, -0.05) is 6.07 Å². The quantitative estimate of drug-likeness (QED) is 0.851. The lowest BCUT2D eigenvalue weighted by atomic mass is 10.1. The van der Waals surface area contributed by atoms with Crippen LogP contribution in [-0.4, -0.2) is 45.3 Å². The number of nitrogens with zero attached hydrogens (tertiary/aromatic N) is 4. The van der Waals surface area contributed by atoms with Crippen molar-refractivity contribution in [3.63, 3.8) is 0 Å². The minimum atomic E-state index is -0.623. The Morgan fingerprint density at radius 3 is 2.96 bits per heavy atom. The van der Waals surface area contributed by atoms with Crippen molar-refractivity contribution in [2.45, 2.75) is 18.9 Å². The van der Waals surface area contributed by atoms with E-state index in [2.05, 4.69) is 10.2 Å². The smallest absolute Gasteiger partial charge is 0.223 e. The van der Waals surface area contributed by atoms with Crippen LogP contribution in [-0.2, 0) is 23.0 Å². The maximum absolute atomic E-state index is 13.6. The summed E-state index contributed by atoms with van der Waals surface area (Å²) in [5, 5.41) is 7.83. The predicted octanol–water partition coefficient (Wildman–Crippen LogP) is 1.63. The summed E-state index contributed by atoms with van der Waals surface area (Å²) in [6.07, 6.45) is 1.65. The van der Waals surface area contributed by atoms with E-state index in [1.54, 1.807) is 15.8 Å². The van der Waals surface area contributed by atoms with Crippen LogP contribution in [0.5, 0.6) is 0 Å². The number of benzene rings is 1. The largest absolute Gasteiger partial charge is 0.366 e. The van der Waals surface area contributed by atoms with Crippen LogP contribution in [0.1, 0.15) is 23.9 Å². The van der Waals surface area contributed by atoms with Gasteiger partial charge in [-0.15, -0.1) is 10.2 Å². The summed E-state index contributed by atoms with van der Waals surface area (Å²) in [4.78, 5) is 14.1. The molecule has 1 amide bonds. The highest BCUT2D eigenvalue weighted by molar-refractivity contribution is 5.76. The third-order valence-corrected chi connectivity index (χ3v) is 4.08. The summed E-state index contributed by atoms with van der Waals surface area (Å²) in [6, 6.07) is 3.40. The zero-order valence-electron chi connectivity index (χ0n) is 13.3. The number of rotatable bonds is 4. The van der Waals surface area contributed by atoms with E-state index in [1.165, 1.54) is 12.1 Å². The van der Waals surface area contributed by atoms with Crippen LogP contribution < -0.4 is 0 Å². The van der Waals surface area contributed by atoms with Crippen LogP contribution in [0.25, 0.3) is 0 Å². The molecule has 0 radical (unpaired) electrons. The number of carbonyl (C=O) groups is 1. The number of halogens is 2. The summed E-state index contributed by atoms with van der Waals surface area (Å²) in [7, 11) is 1.82. The first-order chi connectivity index (χ1) is 11.5. The van der Waals surface area contributed by atoms with Crippen LogP contribution in [0.4, 0.5) is 8.78 Å². The Labute approximate surface area is 138 Å². The second-order valence-corrected chi connectivity index (χ2v) is 5.73. The van der Waals surface area contributed by atoms with E-state index in [-0.39, 0.29) is 24.9 Å². The average Bonchev–Trinajstić information content (AvgIpc) is 3.00. The van der Waals surface area contributed by atoms with Crippen molar-refractivity contribution in [3.8, 4) is 0 Å². The second-order valence-electron chi connectivity index (χ2n) is 5.73. The van der Waals surface area contributed by atoms with Crippen LogP contribution in [0.3, 0.4) is 0 Å². The molecule has 1 aromatic carbocycles. The van der Waals surface area contributed by atoms with Crippen LogP contribution in [0.15, 0.2) is 24.5 Å². The highest BCUT2D eigenvalue weighted by Gasteiger charge is 2.28. The first kappa shape index (κ1) is 16.5. The molecule has 0 aliphatic carbocycles. The van der Waals surface area contributed by atoms with Crippen molar-refractivity contribution >= 4 is 5.91 Å². The van der Waals surface area contributed by atoms with Gasteiger partial charge in [0, 0.05) is 26.1 Å². The number of carbonyl (C=O) groups excluding carboxylic acids is 1. The number of aryl methyl sites for hydroxylation is 2. The summed E-state index contributed by atoms with van der Waals surface area (Å²) >= 11 is 0. The van der Waals surface area contributed by atoms with Gasteiger partial charge in [0.15, 0.2) is 5.82 Å². The van der Waals surface area contributed by atoms with Crippen LogP contribution >= 0.6 is 0 Å². The molecule has 2 heterocycles. The van der Waals surface area contributed by atoms with Gasteiger partial charge in [0.1, 0.15) is 24.1 Å². The van der Waals surface area contributed by atoms with Gasteiger partial charge >= 0.3 is 0 Å². The molecule has 1 saturated heterocycles. The third-order valence-electron chi connectivity index (χ3n) is 4.08. The zero-order chi connectivity index (χ0) is 17.1. The van der Waals surface area contributed by atoms with Gasteiger partial charge in [0.25, 0.3) is 0 Å². The Hall–Kier alpha value is -2.35. The lowest BCUT2D eigenvalue weighted by molar-refractivity contribution is -0.139. The summed E-state index contributed by atoms with van der Waals surface area (Å²) in [5.74, 6) is -0.671. The third kappa shape index (κ3) is 3.59. The SMILES string of the molecule is Cn1cnnc1C1CN(C(=O)CCc2ccc(F)cc2F)CCO1. The number of amides is 1. The van der Waals surface area contributed by atoms with E-state index in [0.29, 0.717) is 31.1 Å². The standard InChI is InChI=1S/C16H18F2N4O2/c1-21-10-19-20-16(21)14-9-22(6-7-24-14)15(23)5-3-11-2-4-12(17)8-13(11)18/h2,4,8,10,14H,3,5-7,9H2,1H3. The molecule has 0 spiro atoms. The molecule has 3 rings (SSSR count). The number of morpholine rings is 1. The predicted molar refractivity (Wildman–Crippen MR) is 81.0 cm³/mol. The molecular formula is C16H18F2N4O2. The summed E-state index contributed by atoms with van der Waals surface area (Å²) in [6.45, 7) is 1.28. The van der Waals surface area contributed by atoms with Crippen molar-refractivity contribution in [2.24, 2.45) is 7.05 Å². The average molecular weight is 336 g/mol. The Bertz CT molecular complexity index is 735. The maximum Gasteiger partial charge on any atom is 0.223 e. The molecule has 128 valence electrons. The van der Waals surface area contributed by atoms with Crippen molar-refractivity contribution in [1.82, 2.24) is 19.7 Å². The fourth-order valence-corrected chi connectivity index (χ4v) is 2.74. The van der Waals surface area contributed by atoms with Gasteiger partial charge < -0.3 is 14.2 Å². The highest BCUT2D eigenvalue weighted by atomic mass is 19.1. The molecule has 0 N–H and O–H groups in total. The molecule has 0 saturated carbocycles. The van der Waals surface area contributed by atoms with Crippen molar-refractivity contribution in [1.29, 1.82) is 0 Å². The molecule has 0 bridgehead atoms. The molecule has 8 heteroatoms. The fourth-order valence-electron chi connectivity index (χ4n) is 2.74. The van der Waals surface area contributed by atoms with E-state index in [9.17, 15) is 13.6 Å². The molecule has 1 aliphatic rings. The minimum Gasteiger partial charge on any atom is -0.366 e. The topological polar surface area (TPSA) is 60.2 Å². The molecule has 24 heavy (non-hydrogen) atoms. The Morgan fingerprint density at radius 2 is 2.25 bits per heavy atom. The molecule has 6 nitrogen and oxygen atoms in total. The lowest BCUT2D eigenvalue weighted by Crippen LogP contribution is -2.43. The molecular weight excluding hydrogens is 318 g/mol. The fraction of sp³-hybridized carbons (Fsp3) is 0.438. The summed E-state index contributed by atoms with van der Waals surface area (Å²) in [5.41, 5.74) is 0.336. The van der Waals surface area contributed by atoms with E-state index in [4.69, 9.17) is 4.74 Å². The zero-order valence-corrected chi connectivity index (χ0v) is 13.3. The van der Waals surface area contributed by atoms with Gasteiger partial charge in [0.05, 0.1) is 13.2 Å². The lowest BCUT2D eigenvalue weighted by Gasteiger charge is -2.32. The number of aromatic nitrogens is 3. The summed E-state index contributed by atoms with van der Waals surface area (Å²) < 4.78 is 34.0. The second kappa shape index (κ2) is 7.04. The maximum atomic E-state index is 13.6. The van der Waals surface area contributed by atoms with Crippen LogP contribution in [0.2, 0.25) is 0 Å². The Balaban J connectivity index is 1.59. The van der Waals surface area contributed by atoms with E-state index in [1.807, 2.05) is 7.05 Å². The van der Waals surface area contributed by atoms with Crippen molar-refractivity contribution in [2.75, 3.05) is 19.7 Å².